The van der Waals surface area contributed by atoms with Gasteiger partial charge in [0.1, 0.15) is 12.4 Å². The van der Waals surface area contributed by atoms with Crippen LogP contribution in [0.5, 0.6) is 5.75 Å². The highest BCUT2D eigenvalue weighted by atomic mass is 32.2. The molecule has 1 heterocycles. The second kappa shape index (κ2) is 9.39. The van der Waals surface area contributed by atoms with E-state index in [2.05, 4.69) is 0 Å². The Morgan fingerprint density at radius 2 is 1.77 bits per heavy atom. The summed E-state index contributed by atoms with van der Waals surface area (Å²) in [6.45, 7) is 0.516. The van der Waals surface area contributed by atoms with Gasteiger partial charge in [0.25, 0.3) is 0 Å². The van der Waals surface area contributed by atoms with Crippen molar-refractivity contribution in [2.75, 3.05) is 18.1 Å². The fourth-order valence-electron chi connectivity index (χ4n) is 4.15. The molecule has 1 amide bonds. The SMILES string of the molecule is O=C(C1CC1)N(Cc1ccc2c(c1)CN(S(=O)(=O)c1ccc(F)c(F)c1)CCO2)c1ccccc1. The van der Waals surface area contributed by atoms with Crippen LogP contribution in [0.25, 0.3) is 0 Å². The summed E-state index contributed by atoms with van der Waals surface area (Å²) < 4.78 is 60.4. The third-order valence-electron chi connectivity index (χ3n) is 6.20. The first-order valence-electron chi connectivity index (χ1n) is 11.4. The Kier molecular flexibility index (Phi) is 6.29. The molecule has 9 heteroatoms. The monoisotopic (exact) mass is 498 g/mol. The topological polar surface area (TPSA) is 66.9 Å². The van der Waals surface area contributed by atoms with E-state index >= 15 is 0 Å². The fourth-order valence-corrected chi connectivity index (χ4v) is 5.57. The Labute approximate surface area is 202 Å². The summed E-state index contributed by atoms with van der Waals surface area (Å²) in [6, 6.07) is 17.5. The quantitative estimate of drug-likeness (QED) is 0.502. The highest BCUT2D eigenvalue weighted by molar-refractivity contribution is 7.89. The number of hydrogen-bond acceptors (Lipinski definition) is 4. The Morgan fingerprint density at radius 3 is 2.49 bits per heavy atom. The number of ether oxygens (including phenoxy) is 1. The Hall–Kier alpha value is -3.30. The van der Waals surface area contributed by atoms with E-state index in [-0.39, 0.29) is 36.4 Å². The van der Waals surface area contributed by atoms with Gasteiger partial charge in [0.05, 0.1) is 11.4 Å². The average molecular weight is 499 g/mol. The molecule has 0 atom stereocenters. The zero-order valence-corrected chi connectivity index (χ0v) is 19.7. The van der Waals surface area contributed by atoms with Gasteiger partial charge in [0, 0.05) is 30.3 Å². The van der Waals surface area contributed by atoms with Crippen molar-refractivity contribution in [3.05, 3.63) is 89.5 Å². The number of nitrogens with zero attached hydrogens (tertiary/aromatic N) is 2. The average Bonchev–Trinajstić information content (AvgIpc) is 3.71. The van der Waals surface area contributed by atoms with E-state index in [0.717, 1.165) is 36.2 Å². The summed E-state index contributed by atoms with van der Waals surface area (Å²) in [7, 11) is -4.08. The van der Waals surface area contributed by atoms with Gasteiger partial charge in [-0.15, -0.1) is 0 Å². The summed E-state index contributed by atoms with van der Waals surface area (Å²) in [5.74, 6) is -1.67. The normalized spacial score (nSPS) is 16.2. The summed E-state index contributed by atoms with van der Waals surface area (Å²) >= 11 is 0. The molecule has 3 aromatic carbocycles. The predicted octanol–water partition coefficient (Wildman–Crippen LogP) is 4.49. The molecule has 35 heavy (non-hydrogen) atoms. The second-order valence-corrected chi connectivity index (χ2v) is 10.7. The minimum Gasteiger partial charge on any atom is -0.492 e. The summed E-state index contributed by atoms with van der Waals surface area (Å²) in [5.41, 5.74) is 2.27. The van der Waals surface area contributed by atoms with E-state index in [9.17, 15) is 22.0 Å². The van der Waals surface area contributed by atoms with Crippen molar-refractivity contribution in [2.24, 2.45) is 5.92 Å². The number of anilines is 1. The first-order valence-corrected chi connectivity index (χ1v) is 12.8. The lowest BCUT2D eigenvalue weighted by molar-refractivity contribution is -0.119. The van der Waals surface area contributed by atoms with Crippen LogP contribution < -0.4 is 9.64 Å². The lowest BCUT2D eigenvalue weighted by atomic mass is 10.1. The van der Waals surface area contributed by atoms with Gasteiger partial charge in [0.2, 0.25) is 15.9 Å². The van der Waals surface area contributed by atoms with Gasteiger partial charge in [-0.1, -0.05) is 24.3 Å². The first-order chi connectivity index (χ1) is 16.8. The molecule has 1 aliphatic carbocycles. The van der Waals surface area contributed by atoms with Crippen LogP contribution in [0.3, 0.4) is 0 Å². The molecule has 1 fully saturated rings. The maximum absolute atomic E-state index is 13.7. The number of benzene rings is 3. The van der Waals surface area contributed by atoms with Crippen LogP contribution in [-0.4, -0.2) is 31.8 Å². The smallest absolute Gasteiger partial charge is 0.243 e. The second-order valence-electron chi connectivity index (χ2n) is 8.74. The van der Waals surface area contributed by atoms with E-state index in [4.69, 9.17) is 4.74 Å². The standard InChI is InChI=1S/C26H24F2N2O4S/c27-23-10-9-22(15-24(23)28)35(32,33)29-12-13-34-25-11-6-18(14-20(25)17-29)16-30(26(31)19-7-8-19)21-4-2-1-3-5-21/h1-6,9-11,14-15,19H,7-8,12-13,16-17H2. The molecule has 2 aliphatic rings. The van der Waals surface area contributed by atoms with E-state index < -0.39 is 21.7 Å². The zero-order chi connectivity index (χ0) is 24.6. The Bertz CT molecular complexity index is 1360. The van der Waals surface area contributed by atoms with Gasteiger partial charge in [0.15, 0.2) is 11.6 Å². The summed E-state index contributed by atoms with van der Waals surface area (Å²) in [4.78, 5) is 14.4. The van der Waals surface area contributed by atoms with Crippen molar-refractivity contribution in [3.8, 4) is 5.75 Å². The van der Waals surface area contributed by atoms with Crippen LogP contribution in [-0.2, 0) is 27.9 Å². The number of rotatable bonds is 6. The third-order valence-corrected chi connectivity index (χ3v) is 8.04. The number of sulfonamides is 1. The highest BCUT2D eigenvalue weighted by Gasteiger charge is 2.34. The molecule has 3 aromatic rings. The van der Waals surface area contributed by atoms with Gasteiger partial charge in [-0.2, -0.15) is 4.31 Å². The minimum absolute atomic E-state index is 0.00636. The van der Waals surface area contributed by atoms with Crippen LogP contribution >= 0.6 is 0 Å². The van der Waals surface area contributed by atoms with Gasteiger partial charge < -0.3 is 9.64 Å². The molecule has 5 rings (SSSR count). The lowest BCUT2D eigenvalue weighted by Gasteiger charge is -2.24. The Morgan fingerprint density at radius 1 is 1.00 bits per heavy atom. The first kappa shape index (κ1) is 23.4. The van der Waals surface area contributed by atoms with Gasteiger partial charge in [-0.3, -0.25) is 4.79 Å². The molecule has 6 nitrogen and oxygen atoms in total. The van der Waals surface area contributed by atoms with Crippen LogP contribution in [0, 0.1) is 17.6 Å². The van der Waals surface area contributed by atoms with E-state index in [1.165, 1.54) is 4.31 Å². The van der Waals surface area contributed by atoms with Crippen molar-refractivity contribution in [2.45, 2.75) is 30.8 Å². The number of fused-ring (bicyclic) bond motifs is 1. The molecule has 1 aliphatic heterocycles. The summed E-state index contributed by atoms with van der Waals surface area (Å²) in [5, 5.41) is 0. The van der Waals surface area contributed by atoms with E-state index in [1.807, 2.05) is 42.5 Å². The molecule has 0 radical (unpaired) electrons. The lowest BCUT2D eigenvalue weighted by Crippen LogP contribution is -2.33. The van der Waals surface area contributed by atoms with Crippen LogP contribution in [0.2, 0.25) is 0 Å². The molecular weight excluding hydrogens is 474 g/mol. The van der Waals surface area contributed by atoms with Gasteiger partial charge in [-0.25, -0.2) is 17.2 Å². The number of carbonyl (C=O) groups is 1. The number of para-hydroxylation sites is 1. The molecule has 0 N–H and O–H groups in total. The number of hydrogen-bond donors (Lipinski definition) is 0. The van der Waals surface area contributed by atoms with Crippen molar-refractivity contribution >= 4 is 21.6 Å². The van der Waals surface area contributed by atoms with Crippen molar-refractivity contribution in [3.63, 3.8) is 0 Å². The van der Waals surface area contributed by atoms with Crippen molar-refractivity contribution in [1.82, 2.24) is 4.31 Å². The molecular formula is C26H24F2N2O4S. The predicted molar refractivity (Wildman–Crippen MR) is 126 cm³/mol. The van der Waals surface area contributed by atoms with Crippen LogP contribution in [0.15, 0.2) is 71.6 Å². The molecule has 0 bridgehead atoms. The number of halogens is 2. The number of carbonyl (C=O) groups excluding carboxylic acids is 1. The van der Waals surface area contributed by atoms with Crippen molar-refractivity contribution < 1.29 is 26.7 Å². The maximum Gasteiger partial charge on any atom is 0.243 e. The molecule has 182 valence electrons. The van der Waals surface area contributed by atoms with Gasteiger partial charge in [-0.05, 0) is 60.9 Å². The molecule has 0 unspecified atom stereocenters. The van der Waals surface area contributed by atoms with Crippen molar-refractivity contribution in [1.29, 1.82) is 0 Å². The highest BCUT2D eigenvalue weighted by Crippen LogP contribution is 2.34. The molecule has 0 saturated heterocycles. The fraction of sp³-hybridized carbons (Fsp3) is 0.269. The van der Waals surface area contributed by atoms with E-state index in [0.29, 0.717) is 23.9 Å². The maximum atomic E-state index is 13.7. The molecule has 1 saturated carbocycles. The Balaban J connectivity index is 1.42. The van der Waals surface area contributed by atoms with Gasteiger partial charge >= 0.3 is 0 Å². The summed E-state index contributed by atoms with van der Waals surface area (Å²) in [6.07, 6.45) is 1.77. The largest absolute Gasteiger partial charge is 0.492 e. The molecule has 0 spiro atoms. The minimum atomic E-state index is -4.08. The zero-order valence-electron chi connectivity index (χ0n) is 18.9. The van der Waals surface area contributed by atoms with E-state index in [1.54, 1.807) is 11.0 Å². The molecule has 0 aromatic heterocycles. The number of amides is 1. The van der Waals surface area contributed by atoms with Crippen LogP contribution in [0.4, 0.5) is 14.5 Å². The van der Waals surface area contributed by atoms with Crippen LogP contribution in [0.1, 0.15) is 24.0 Å². The third kappa shape index (κ3) is 4.92.